The van der Waals surface area contributed by atoms with E-state index in [1.54, 1.807) is 18.0 Å². The van der Waals surface area contributed by atoms with E-state index in [2.05, 4.69) is 78.0 Å². The number of anilines is 4. The van der Waals surface area contributed by atoms with E-state index in [1.165, 1.54) is 11.1 Å². The van der Waals surface area contributed by atoms with Crippen LogP contribution in [0.2, 0.25) is 0 Å². The third kappa shape index (κ3) is 5.67. The van der Waals surface area contributed by atoms with Gasteiger partial charge in [-0.25, -0.2) is 0 Å². The molecule has 3 N–H and O–H groups in total. The molecule has 0 bridgehead atoms. The van der Waals surface area contributed by atoms with E-state index in [-0.39, 0.29) is 6.10 Å². The minimum atomic E-state index is 0.0462. The van der Waals surface area contributed by atoms with Gasteiger partial charge >= 0.3 is 0 Å². The van der Waals surface area contributed by atoms with E-state index in [0.717, 1.165) is 53.3 Å². The first-order chi connectivity index (χ1) is 17.9. The number of aromatic nitrogens is 4. The van der Waals surface area contributed by atoms with Crippen molar-refractivity contribution in [2.24, 2.45) is 0 Å². The van der Waals surface area contributed by atoms with Gasteiger partial charge < -0.3 is 20.3 Å². The number of benzene rings is 2. The predicted molar refractivity (Wildman–Crippen MR) is 153 cm³/mol. The van der Waals surface area contributed by atoms with Crippen molar-refractivity contribution in [2.45, 2.75) is 50.5 Å². The van der Waals surface area contributed by atoms with Gasteiger partial charge in [-0.1, -0.05) is 12.1 Å². The zero-order chi connectivity index (χ0) is 25.9. The molecule has 37 heavy (non-hydrogen) atoms. The number of rotatable bonds is 8. The lowest BCUT2D eigenvalue weighted by Gasteiger charge is -2.30. The molecular formula is C28H35N7OS. The Hall–Kier alpha value is -3.30. The summed E-state index contributed by atoms with van der Waals surface area (Å²) in [5.41, 5.74) is 5.13. The zero-order valence-corrected chi connectivity index (χ0v) is 22.9. The Morgan fingerprint density at radius 1 is 1.08 bits per heavy atom. The summed E-state index contributed by atoms with van der Waals surface area (Å²) in [4.78, 5) is 13.1. The average molecular weight is 518 g/mol. The van der Waals surface area contributed by atoms with E-state index in [1.807, 2.05) is 18.2 Å². The maximum atomic E-state index is 6.29. The Bertz CT molecular complexity index is 1380. The van der Waals surface area contributed by atoms with Crippen molar-refractivity contribution in [1.29, 1.82) is 0 Å². The standard InChI is InChI=1S/C28H35N7OS/c1-17(2)36-24-15-20(19-10-12-35(4)13-11-19)18(3)14-23(24)31-28-32-26(21-16-29-34-27(21)33-28)30-22-8-6-7-9-25(22)37-5/h6-9,14-17,19H,10-13H2,1-5H3,(H3,29,30,31,32,33,34). The molecular weight excluding hydrogens is 482 g/mol. The summed E-state index contributed by atoms with van der Waals surface area (Å²) >= 11 is 1.69. The number of nitrogens with zero attached hydrogens (tertiary/aromatic N) is 4. The van der Waals surface area contributed by atoms with Gasteiger partial charge in [-0.05, 0) is 101 Å². The zero-order valence-electron chi connectivity index (χ0n) is 22.1. The van der Waals surface area contributed by atoms with Crippen molar-refractivity contribution in [3.63, 3.8) is 0 Å². The van der Waals surface area contributed by atoms with Crippen LogP contribution in [0.5, 0.6) is 5.75 Å². The third-order valence-electron chi connectivity index (χ3n) is 6.81. The molecule has 4 aromatic rings. The third-order valence-corrected chi connectivity index (χ3v) is 7.60. The maximum Gasteiger partial charge on any atom is 0.231 e. The van der Waals surface area contributed by atoms with Crippen molar-refractivity contribution >= 4 is 45.9 Å². The number of para-hydroxylation sites is 1. The van der Waals surface area contributed by atoms with Crippen molar-refractivity contribution in [2.75, 3.05) is 37.0 Å². The highest BCUT2D eigenvalue weighted by Crippen LogP contribution is 2.38. The van der Waals surface area contributed by atoms with Crippen LogP contribution in [0.25, 0.3) is 11.0 Å². The maximum absolute atomic E-state index is 6.29. The molecule has 0 radical (unpaired) electrons. The first-order valence-electron chi connectivity index (χ1n) is 12.8. The van der Waals surface area contributed by atoms with E-state index in [9.17, 15) is 0 Å². The van der Waals surface area contributed by atoms with Gasteiger partial charge in [0.25, 0.3) is 0 Å². The Labute approximate surface area is 222 Å². The van der Waals surface area contributed by atoms with Gasteiger partial charge in [0.15, 0.2) is 5.65 Å². The van der Waals surface area contributed by atoms with Crippen LogP contribution in [-0.4, -0.2) is 57.6 Å². The lowest BCUT2D eigenvalue weighted by molar-refractivity contribution is 0.241. The SMILES string of the molecule is CSc1ccccc1Nc1nc(Nc2cc(C)c(C3CCN(C)CC3)cc2OC(C)C)nc2[nH]ncc12. The van der Waals surface area contributed by atoms with Gasteiger partial charge in [-0.15, -0.1) is 11.8 Å². The summed E-state index contributed by atoms with van der Waals surface area (Å²) in [5.74, 6) is 2.53. The molecule has 0 atom stereocenters. The number of fused-ring (bicyclic) bond motifs is 1. The first-order valence-corrected chi connectivity index (χ1v) is 14.0. The molecule has 0 spiro atoms. The minimum absolute atomic E-state index is 0.0462. The quantitative estimate of drug-likeness (QED) is 0.229. The average Bonchev–Trinajstić information content (AvgIpc) is 3.35. The lowest BCUT2D eigenvalue weighted by Crippen LogP contribution is -2.29. The second-order valence-electron chi connectivity index (χ2n) is 9.93. The number of aromatic amines is 1. The summed E-state index contributed by atoms with van der Waals surface area (Å²) in [6.45, 7) is 8.54. The summed E-state index contributed by atoms with van der Waals surface area (Å²) in [6.07, 6.45) is 6.19. The molecule has 194 valence electrons. The van der Waals surface area contributed by atoms with Crippen LogP contribution in [0, 0.1) is 6.92 Å². The second kappa shape index (κ2) is 11.0. The molecule has 2 aromatic carbocycles. The van der Waals surface area contributed by atoms with Gasteiger partial charge in [0.2, 0.25) is 5.95 Å². The van der Waals surface area contributed by atoms with E-state index in [0.29, 0.717) is 23.3 Å². The summed E-state index contributed by atoms with van der Waals surface area (Å²) in [5, 5.41) is 15.0. The topological polar surface area (TPSA) is 91.0 Å². The molecule has 0 amide bonds. The highest BCUT2D eigenvalue weighted by molar-refractivity contribution is 7.98. The summed E-state index contributed by atoms with van der Waals surface area (Å²) < 4.78 is 6.29. The monoisotopic (exact) mass is 517 g/mol. The molecule has 1 fully saturated rings. The summed E-state index contributed by atoms with van der Waals surface area (Å²) in [7, 11) is 2.20. The highest BCUT2D eigenvalue weighted by Gasteiger charge is 2.22. The fourth-order valence-corrected chi connectivity index (χ4v) is 5.45. The molecule has 1 saturated heterocycles. The van der Waals surface area contributed by atoms with Gasteiger partial charge in [-0.2, -0.15) is 15.1 Å². The number of thioether (sulfide) groups is 1. The highest BCUT2D eigenvalue weighted by atomic mass is 32.2. The molecule has 0 unspecified atom stereocenters. The van der Waals surface area contributed by atoms with E-state index >= 15 is 0 Å². The summed E-state index contributed by atoms with van der Waals surface area (Å²) in [6, 6.07) is 12.6. The van der Waals surface area contributed by atoms with Crippen LogP contribution in [0.4, 0.5) is 23.1 Å². The van der Waals surface area contributed by atoms with Crippen LogP contribution in [-0.2, 0) is 0 Å². The molecule has 0 saturated carbocycles. The van der Waals surface area contributed by atoms with Crippen molar-refractivity contribution in [3.05, 3.63) is 53.7 Å². The van der Waals surface area contributed by atoms with Crippen LogP contribution < -0.4 is 15.4 Å². The second-order valence-corrected chi connectivity index (χ2v) is 10.8. The number of H-pyrrole nitrogens is 1. The van der Waals surface area contributed by atoms with Crippen LogP contribution >= 0.6 is 11.8 Å². The van der Waals surface area contributed by atoms with Crippen molar-refractivity contribution in [3.8, 4) is 5.75 Å². The largest absolute Gasteiger partial charge is 0.489 e. The van der Waals surface area contributed by atoms with Gasteiger partial charge in [0, 0.05) is 4.90 Å². The van der Waals surface area contributed by atoms with Gasteiger partial charge in [-0.3, -0.25) is 5.10 Å². The van der Waals surface area contributed by atoms with Gasteiger partial charge in [0.1, 0.15) is 11.6 Å². The number of hydrogen-bond donors (Lipinski definition) is 3. The van der Waals surface area contributed by atoms with Crippen LogP contribution in [0.3, 0.4) is 0 Å². The molecule has 9 heteroatoms. The molecule has 1 aliphatic rings. The lowest BCUT2D eigenvalue weighted by atomic mass is 9.86. The number of likely N-dealkylation sites (tertiary alicyclic amines) is 1. The number of ether oxygens (including phenoxy) is 1. The predicted octanol–water partition coefficient (Wildman–Crippen LogP) is 6.47. The van der Waals surface area contributed by atoms with E-state index in [4.69, 9.17) is 14.7 Å². The molecule has 3 heterocycles. The van der Waals surface area contributed by atoms with Gasteiger partial charge in [0.05, 0.1) is 29.1 Å². The van der Waals surface area contributed by atoms with Crippen molar-refractivity contribution in [1.82, 2.24) is 25.1 Å². The number of hydrogen-bond acceptors (Lipinski definition) is 8. The normalized spacial score (nSPS) is 14.9. The first kappa shape index (κ1) is 25.4. The Kier molecular flexibility index (Phi) is 7.53. The molecule has 2 aromatic heterocycles. The number of aryl methyl sites for hydroxylation is 1. The molecule has 8 nitrogen and oxygen atoms in total. The fourth-order valence-electron chi connectivity index (χ4n) is 4.89. The Morgan fingerprint density at radius 3 is 2.62 bits per heavy atom. The van der Waals surface area contributed by atoms with Crippen molar-refractivity contribution < 1.29 is 4.74 Å². The molecule has 1 aliphatic heterocycles. The van der Waals surface area contributed by atoms with Crippen LogP contribution in [0.1, 0.15) is 43.7 Å². The molecule has 5 rings (SSSR count). The Balaban J connectivity index is 1.50. The number of piperidine rings is 1. The number of nitrogens with one attached hydrogen (secondary N) is 3. The smallest absolute Gasteiger partial charge is 0.231 e. The van der Waals surface area contributed by atoms with Crippen LogP contribution in [0.15, 0.2) is 47.5 Å². The Morgan fingerprint density at radius 2 is 1.86 bits per heavy atom. The molecule has 0 aliphatic carbocycles. The van der Waals surface area contributed by atoms with E-state index < -0.39 is 0 Å². The minimum Gasteiger partial charge on any atom is -0.489 e. The fraction of sp³-hybridized carbons (Fsp3) is 0.393.